The predicted molar refractivity (Wildman–Crippen MR) is 125 cm³/mol. The zero-order chi connectivity index (χ0) is 19.6. The summed E-state index contributed by atoms with van der Waals surface area (Å²) >= 11 is 0. The van der Waals surface area contributed by atoms with E-state index in [0.717, 1.165) is 42.2 Å². The minimum absolute atomic E-state index is 0. The highest BCUT2D eigenvalue weighted by molar-refractivity contribution is 14.0. The van der Waals surface area contributed by atoms with Gasteiger partial charge in [-0.15, -0.1) is 24.0 Å². The van der Waals surface area contributed by atoms with Crippen LogP contribution < -0.4 is 15.4 Å². The number of aliphatic imine (C=N–C) groups is 1. The first-order valence-electron chi connectivity index (χ1n) is 9.96. The first kappa shape index (κ1) is 24.5. The third-order valence-electron chi connectivity index (χ3n) is 5.51. The van der Waals surface area contributed by atoms with E-state index >= 15 is 0 Å². The third-order valence-corrected chi connectivity index (χ3v) is 5.51. The van der Waals surface area contributed by atoms with Crippen molar-refractivity contribution in [2.75, 3.05) is 33.8 Å². The summed E-state index contributed by atoms with van der Waals surface area (Å²) in [5.74, 6) is 3.10. The van der Waals surface area contributed by atoms with Gasteiger partial charge in [-0.2, -0.15) is 0 Å². The molecule has 0 saturated carbocycles. The standard InChI is InChI=1S/C21H34N4O2.HI/c1-5-17(6-2)18-11-12-25(15-18)21(22-3)24-14-20(26)23-13-16-7-9-19(27-4)10-8-16;/h7-10,17-18H,5-6,11-15H2,1-4H3,(H,22,24)(H,23,26);1H. The lowest BCUT2D eigenvalue weighted by molar-refractivity contribution is -0.120. The Kier molecular flexibility index (Phi) is 11.3. The molecule has 1 fully saturated rings. The lowest BCUT2D eigenvalue weighted by atomic mass is 9.87. The van der Waals surface area contributed by atoms with E-state index in [9.17, 15) is 4.79 Å². The zero-order valence-electron chi connectivity index (χ0n) is 17.5. The van der Waals surface area contributed by atoms with Gasteiger partial charge >= 0.3 is 0 Å². The summed E-state index contributed by atoms with van der Waals surface area (Å²) in [6.45, 7) is 7.32. The largest absolute Gasteiger partial charge is 0.497 e. The Balaban J connectivity index is 0.00000392. The van der Waals surface area contributed by atoms with Gasteiger partial charge in [0.05, 0.1) is 13.7 Å². The van der Waals surface area contributed by atoms with Gasteiger partial charge < -0.3 is 20.3 Å². The van der Waals surface area contributed by atoms with Gasteiger partial charge in [0.15, 0.2) is 5.96 Å². The molecule has 28 heavy (non-hydrogen) atoms. The normalized spacial score (nSPS) is 16.7. The van der Waals surface area contributed by atoms with Crippen LogP contribution in [0.3, 0.4) is 0 Å². The summed E-state index contributed by atoms with van der Waals surface area (Å²) < 4.78 is 5.14. The molecule has 158 valence electrons. The molecule has 0 spiro atoms. The molecule has 1 aliphatic heterocycles. The molecule has 1 amide bonds. The number of hydrogen-bond acceptors (Lipinski definition) is 3. The van der Waals surface area contributed by atoms with Gasteiger partial charge in [-0.05, 0) is 36.0 Å². The molecule has 1 atom stereocenters. The van der Waals surface area contributed by atoms with Crippen LogP contribution in [0.15, 0.2) is 29.3 Å². The maximum absolute atomic E-state index is 12.2. The van der Waals surface area contributed by atoms with Gasteiger partial charge in [0.25, 0.3) is 0 Å². The van der Waals surface area contributed by atoms with Crippen LogP contribution in [0.2, 0.25) is 0 Å². The number of nitrogens with zero attached hydrogens (tertiary/aromatic N) is 2. The molecular weight excluding hydrogens is 467 g/mol. The van der Waals surface area contributed by atoms with Gasteiger partial charge in [0.2, 0.25) is 5.91 Å². The summed E-state index contributed by atoms with van der Waals surface area (Å²) in [6, 6.07) is 7.69. The van der Waals surface area contributed by atoms with E-state index in [2.05, 4.69) is 34.4 Å². The Labute approximate surface area is 186 Å². The van der Waals surface area contributed by atoms with Gasteiger partial charge in [-0.25, -0.2) is 0 Å². The van der Waals surface area contributed by atoms with Crippen LogP contribution in [-0.4, -0.2) is 50.6 Å². The van der Waals surface area contributed by atoms with E-state index < -0.39 is 0 Å². The highest BCUT2D eigenvalue weighted by Gasteiger charge is 2.29. The monoisotopic (exact) mass is 502 g/mol. The third kappa shape index (κ3) is 7.14. The number of benzene rings is 1. The number of carbonyl (C=O) groups is 1. The van der Waals surface area contributed by atoms with Crippen molar-refractivity contribution in [3.63, 3.8) is 0 Å². The molecule has 0 aliphatic carbocycles. The van der Waals surface area contributed by atoms with Crippen molar-refractivity contribution in [2.24, 2.45) is 16.8 Å². The summed E-state index contributed by atoms with van der Waals surface area (Å²) in [4.78, 5) is 18.8. The number of guanidine groups is 1. The number of halogens is 1. The smallest absolute Gasteiger partial charge is 0.239 e. The van der Waals surface area contributed by atoms with E-state index in [0.29, 0.717) is 6.54 Å². The molecular formula is C21H35IN4O2. The zero-order valence-corrected chi connectivity index (χ0v) is 19.9. The first-order valence-corrected chi connectivity index (χ1v) is 9.96. The maximum Gasteiger partial charge on any atom is 0.239 e. The Morgan fingerprint density at radius 3 is 2.50 bits per heavy atom. The fourth-order valence-corrected chi connectivity index (χ4v) is 3.82. The Morgan fingerprint density at radius 2 is 1.93 bits per heavy atom. The number of carbonyl (C=O) groups excluding carboxylic acids is 1. The summed E-state index contributed by atoms with van der Waals surface area (Å²) in [5, 5.41) is 6.14. The van der Waals surface area contributed by atoms with Crippen LogP contribution >= 0.6 is 24.0 Å². The Bertz CT molecular complexity index is 617. The summed E-state index contributed by atoms with van der Waals surface area (Å²) in [5.41, 5.74) is 1.04. The Hall–Kier alpha value is -1.51. The SMILES string of the molecule is CCC(CC)C1CCN(C(=NC)NCC(=O)NCc2ccc(OC)cc2)C1.I. The molecule has 7 heteroatoms. The van der Waals surface area contributed by atoms with Crippen LogP contribution in [0.1, 0.15) is 38.7 Å². The molecule has 1 aromatic carbocycles. The van der Waals surface area contributed by atoms with Crippen molar-refractivity contribution in [1.29, 1.82) is 0 Å². The minimum Gasteiger partial charge on any atom is -0.497 e. The lowest BCUT2D eigenvalue weighted by Crippen LogP contribution is -2.44. The van der Waals surface area contributed by atoms with Crippen molar-refractivity contribution in [3.8, 4) is 5.75 Å². The quantitative estimate of drug-likeness (QED) is 0.326. The predicted octanol–water partition coefficient (Wildman–Crippen LogP) is 3.26. The number of amides is 1. The number of hydrogen-bond donors (Lipinski definition) is 2. The molecule has 1 heterocycles. The van der Waals surface area contributed by atoms with Crippen LogP contribution in [0.4, 0.5) is 0 Å². The first-order chi connectivity index (χ1) is 13.1. The van der Waals surface area contributed by atoms with Crippen molar-refractivity contribution in [3.05, 3.63) is 29.8 Å². The molecule has 1 saturated heterocycles. The molecule has 1 aliphatic rings. The van der Waals surface area contributed by atoms with Crippen LogP contribution in [0.5, 0.6) is 5.75 Å². The highest BCUT2D eigenvalue weighted by atomic mass is 127. The highest BCUT2D eigenvalue weighted by Crippen LogP contribution is 2.28. The average molecular weight is 502 g/mol. The van der Waals surface area contributed by atoms with Crippen molar-refractivity contribution in [2.45, 2.75) is 39.7 Å². The molecule has 0 aromatic heterocycles. The molecule has 2 N–H and O–H groups in total. The van der Waals surface area contributed by atoms with Crippen LogP contribution in [-0.2, 0) is 11.3 Å². The van der Waals surface area contributed by atoms with Crippen molar-refractivity contribution < 1.29 is 9.53 Å². The maximum atomic E-state index is 12.2. The van der Waals surface area contributed by atoms with E-state index in [-0.39, 0.29) is 36.4 Å². The molecule has 1 unspecified atom stereocenters. The van der Waals surface area contributed by atoms with Gasteiger partial charge in [-0.3, -0.25) is 9.79 Å². The minimum atomic E-state index is -0.0392. The number of rotatable bonds is 8. The van der Waals surface area contributed by atoms with Gasteiger partial charge in [0.1, 0.15) is 5.75 Å². The second kappa shape index (κ2) is 12.9. The number of nitrogens with one attached hydrogen (secondary N) is 2. The number of ether oxygens (including phenoxy) is 1. The fourth-order valence-electron chi connectivity index (χ4n) is 3.82. The van der Waals surface area contributed by atoms with E-state index in [1.807, 2.05) is 24.3 Å². The summed E-state index contributed by atoms with van der Waals surface area (Å²) in [6.07, 6.45) is 3.67. The fraction of sp³-hybridized carbons (Fsp3) is 0.619. The average Bonchev–Trinajstić information content (AvgIpc) is 3.18. The van der Waals surface area contributed by atoms with Crippen molar-refractivity contribution in [1.82, 2.24) is 15.5 Å². The van der Waals surface area contributed by atoms with E-state index in [1.165, 1.54) is 19.3 Å². The number of likely N-dealkylation sites (tertiary alicyclic amines) is 1. The second-order valence-corrected chi connectivity index (χ2v) is 7.10. The summed E-state index contributed by atoms with van der Waals surface area (Å²) in [7, 11) is 3.42. The molecule has 0 radical (unpaired) electrons. The lowest BCUT2D eigenvalue weighted by Gasteiger charge is -2.24. The van der Waals surface area contributed by atoms with Gasteiger partial charge in [-0.1, -0.05) is 38.8 Å². The molecule has 2 rings (SSSR count). The molecule has 1 aromatic rings. The van der Waals surface area contributed by atoms with E-state index in [1.54, 1.807) is 14.2 Å². The number of methoxy groups -OCH3 is 1. The van der Waals surface area contributed by atoms with E-state index in [4.69, 9.17) is 4.74 Å². The topological polar surface area (TPSA) is 66.0 Å². The van der Waals surface area contributed by atoms with Crippen LogP contribution in [0, 0.1) is 11.8 Å². The van der Waals surface area contributed by atoms with Crippen molar-refractivity contribution >= 4 is 35.8 Å². The molecule has 6 nitrogen and oxygen atoms in total. The Morgan fingerprint density at radius 1 is 1.25 bits per heavy atom. The molecule has 0 bridgehead atoms. The van der Waals surface area contributed by atoms with Gasteiger partial charge in [0, 0.05) is 26.7 Å². The van der Waals surface area contributed by atoms with Crippen LogP contribution in [0.25, 0.3) is 0 Å². The second-order valence-electron chi connectivity index (χ2n) is 7.10.